The largest absolute Gasteiger partial charge is 0.376 e. The topological polar surface area (TPSA) is 97.0 Å². The fourth-order valence-electron chi connectivity index (χ4n) is 3.36. The molecule has 150 valence electrons. The number of amides is 1. The minimum Gasteiger partial charge on any atom is -0.376 e. The second-order valence-electron chi connectivity index (χ2n) is 6.66. The molecular weight excluding hydrogens is 396 g/mol. The predicted octanol–water partition coefficient (Wildman–Crippen LogP) is 2.63. The van der Waals surface area contributed by atoms with Crippen LogP contribution in [-0.2, 0) is 22.5 Å². The molecule has 9 heteroatoms. The van der Waals surface area contributed by atoms with Gasteiger partial charge < -0.3 is 10.1 Å². The molecular formula is C19H24N4O3S2. The fourth-order valence-corrected chi connectivity index (χ4v) is 5.35. The van der Waals surface area contributed by atoms with Crippen LogP contribution in [0.2, 0.25) is 0 Å². The third-order valence-electron chi connectivity index (χ3n) is 4.73. The van der Waals surface area contributed by atoms with Crippen molar-refractivity contribution in [2.24, 2.45) is 0 Å². The molecule has 1 saturated heterocycles. The van der Waals surface area contributed by atoms with Crippen molar-refractivity contribution in [2.75, 3.05) is 18.9 Å². The Kier molecular flexibility index (Phi) is 7.10. The summed E-state index contributed by atoms with van der Waals surface area (Å²) in [7, 11) is 0. The van der Waals surface area contributed by atoms with E-state index >= 15 is 0 Å². The number of thiophene rings is 1. The number of nitriles is 1. The number of thioether (sulfide) groups is 1. The molecule has 3 rings (SSSR count). The molecule has 1 amide bonds. The molecule has 28 heavy (non-hydrogen) atoms. The smallest absolute Gasteiger partial charge is 0.263 e. The molecule has 3 heterocycles. The van der Waals surface area contributed by atoms with Gasteiger partial charge in [0.25, 0.3) is 5.56 Å². The Morgan fingerprint density at radius 1 is 1.54 bits per heavy atom. The number of nitrogens with zero attached hydrogens (tertiary/aromatic N) is 3. The van der Waals surface area contributed by atoms with Crippen molar-refractivity contribution in [1.82, 2.24) is 14.9 Å². The Bertz CT molecular complexity index is 955. The summed E-state index contributed by atoms with van der Waals surface area (Å²) in [6.07, 6.45) is 2.99. The molecule has 0 radical (unpaired) electrons. The third-order valence-corrected chi connectivity index (χ3v) is 6.75. The van der Waals surface area contributed by atoms with Crippen LogP contribution < -0.4 is 10.9 Å². The van der Waals surface area contributed by atoms with Crippen LogP contribution in [0, 0.1) is 18.3 Å². The number of aromatic nitrogens is 2. The van der Waals surface area contributed by atoms with E-state index in [0.29, 0.717) is 23.6 Å². The van der Waals surface area contributed by atoms with Gasteiger partial charge in [0.2, 0.25) is 5.91 Å². The van der Waals surface area contributed by atoms with Gasteiger partial charge in [-0.25, -0.2) is 4.98 Å². The zero-order valence-electron chi connectivity index (χ0n) is 16.1. The lowest BCUT2D eigenvalue weighted by Gasteiger charge is -2.16. The van der Waals surface area contributed by atoms with Gasteiger partial charge in [0, 0.05) is 18.0 Å². The lowest BCUT2D eigenvalue weighted by Crippen LogP contribution is -2.30. The first-order valence-corrected chi connectivity index (χ1v) is 11.3. The first-order chi connectivity index (χ1) is 13.5. The Balaban J connectivity index is 1.91. The van der Waals surface area contributed by atoms with E-state index in [-0.39, 0.29) is 29.7 Å². The maximum Gasteiger partial charge on any atom is 0.263 e. The molecule has 0 aliphatic carbocycles. The van der Waals surface area contributed by atoms with E-state index in [1.54, 1.807) is 4.57 Å². The molecule has 1 fully saturated rings. The van der Waals surface area contributed by atoms with E-state index in [0.717, 1.165) is 41.1 Å². The van der Waals surface area contributed by atoms with Crippen LogP contribution in [0.1, 0.15) is 36.6 Å². The zero-order chi connectivity index (χ0) is 20.1. The van der Waals surface area contributed by atoms with Crippen LogP contribution >= 0.6 is 23.1 Å². The van der Waals surface area contributed by atoms with Gasteiger partial charge in [-0.15, -0.1) is 11.3 Å². The summed E-state index contributed by atoms with van der Waals surface area (Å²) in [5.41, 5.74) is 1.01. The highest BCUT2D eigenvalue weighted by Gasteiger charge is 2.23. The van der Waals surface area contributed by atoms with Gasteiger partial charge in [0.1, 0.15) is 4.83 Å². The molecule has 0 aromatic carbocycles. The Morgan fingerprint density at radius 2 is 2.36 bits per heavy atom. The molecule has 1 aliphatic rings. The summed E-state index contributed by atoms with van der Waals surface area (Å²) >= 11 is 2.78. The molecule has 2 aromatic heterocycles. The predicted molar refractivity (Wildman–Crippen MR) is 111 cm³/mol. The van der Waals surface area contributed by atoms with E-state index in [4.69, 9.17) is 15.0 Å². The minimum atomic E-state index is -0.171. The van der Waals surface area contributed by atoms with E-state index in [1.165, 1.54) is 23.1 Å². The summed E-state index contributed by atoms with van der Waals surface area (Å²) in [4.78, 5) is 31.9. The average molecular weight is 421 g/mol. The number of fused-ring (bicyclic) bond motifs is 1. The SMILES string of the molecule is CCc1c(C)sc2nc(SCC(=O)NCCC#N)n(C[C@H]3CCCO3)c(=O)c12. The summed E-state index contributed by atoms with van der Waals surface area (Å²) in [5.74, 6) is -0.0187. The van der Waals surface area contributed by atoms with Crippen molar-refractivity contribution in [3.05, 3.63) is 20.8 Å². The number of ether oxygens (including phenoxy) is 1. The highest BCUT2D eigenvalue weighted by molar-refractivity contribution is 7.99. The molecule has 2 aromatic rings. The van der Waals surface area contributed by atoms with Gasteiger partial charge in [0.05, 0.1) is 36.3 Å². The third kappa shape index (κ3) is 4.57. The number of hydrogen-bond donors (Lipinski definition) is 1. The van der Waals surface area contributed by atoms with E-state index in [9.17, 15) is 9.59 Å². The minimum absolute atomic E-state index is 0.00515. The summed E-state index contributed by atoms with van der Waals surface area (Å²) < 4.78 is 7.41. The van der Waals surface area contributed by atoms with Crippen molar-refractivity contribution in [3.8, 4) is 6.07 Å². The molecule has 0 spiro atoms. The Labute approximate surface area is 172 Å². The summed E-state index contributed by atoms with van der Waals surface area (Å²) in [6, 6.07) is 2.00. The number of rotatable bonds is 8. The van der Waals surface area contributed by atoms with Gasteiger partial charge in [0.15, 0.2) is 5.16 Å². The molecule has 0 bridgehead atoms. The maximum atomic E-state index is 13.3. The quantitative estimate of drug-likeness (QED) is 0.401. The van der Waals surface area contributed by atoms with E-state index < -0.39 is 0 Å². The maximum absolute atomic E-state index is 13.3. The van der Waals surface area contributed by atoms with Crippen molar-refractivity contribution in [2.45, 2.75) is 57.3 Å². The van der Waals surface area contributed by atoms with Crippen molar-refractivity contribution < 1.29 is 9.53 Å². The highest BCUT2D eigenvalue weighted by atomic mass is 32.2. The van der Waals surface area contributed by atoms with Crippen molar-refractivity contribution in [3.63, 3.8) is 0 Å². The number of nitrogens with one attached hydrogen (secondary N) is 1. The van der Waals surface area contributed by atoms with Crippen molar-refractivity contribution >= 4 is 39.2 Å². The summed E-state index contributed by atoms with van der Waals surface area (Å²) in [6.45, 7) is 5.57. The number of carbonyl (C=O) groups excluding carboxylic acids is 1. The van der Waals surface area contributed by atoms with Crippen LogP contribution in [-0.4, -0.2) is 40.5 Å². The van der Waals surface area contributed by atoms with Crippen LogP contribution in [0.25, 0.3) is 10.2 Å². The van der Waals surface area contributed by atoms with E-state index in [1.807, 2.05) is 19.9 Å². The summed E-state index contributed by atoms with van der Waals surface area (Å²) in [5, 5.41) is 12.5. The average Bonchev–Trinajstić information content (AvgIpc) is 3.29. The van der Waals surface area contributed by atoms with Gasteiger partial charge in [-0.1, -0.05) is 18.7 Å². The van der Waals surface area contributed by atoms with E-state index in [2.05, 4.69) is 5.32 Å². The second kappa shape index (κ2) is 9.54. The van der Waals surface area contributed by atoms with Crippen LogP contribution in [0.15, 0.2) is 9.95 Å². The van der Waals surface area contributed by atoms with Gasteiger partial charge in [-0.05, 0) is 31.7 Å². The lowest BCUT2D eigenvalue weighted by atomic mass is 10.1. The Hall–Kier alpha value is -1.89. The first kappa shape index (κ1) is 20.8. The van der Waals surface area contributed by atoms with Crippen LogP contribution in [0.5, 0.6) is 0 Å². The number of aryl methyl sites for hydroxylation is 2. The molecule has 1 atom stereocenters. The highest BCUT2D eigenvalue weighted by Crippen LogP contribution is 2.30. The first-order valence-electron chi connectivity index (χ1n) is 9.46. The Morgan fingerprint density at radius 3 is 3.04 bits per heavy atom. The standard InChI is InChI=1S/C19H24N4O3S2/c1-3-14-12(2)28-17-16(14)18(25)23(10-13-6-4-9-26-13)19(22-17)27-11-15(24)21-8-5-7-20/h13H,3-6,8-11H2,1-2H3,(H,21,24)/t13-/m1/s1. The van der Waals surface area contributed by atoms with Gasteiger partial charge in [-0.3, -0.25) is 14.2 Å². The second-order valence-corrected chi connectivity index (χ2v) is 8.81. The van der Waals surface area contributed by atoms with Crippen LogP contribution in [0.4, 0.5) is 0 Å². The van der Waals surface area contributed by atoms with Gasteiger partial charge in [-0.2, -0.15) is 5.26 Å². The van der Waals surface area contributed by atoms with Gasteiger partial charge >= 0.3 is 0 Å². The fraction of sp³-hybridized carbons (Fsp3) is 0.579. The molecule has 0 unspecified atom stereocenters. The molecule has 1 N–H and O–H groups in total. The number of carbonyl (C=O) groups is 1. The van der Waals surface area contributed by atoms with Crippen LogP contribution in [0.3, 0.4) is 0 Å². The monoisotopic (exact) mass is 420 g/mol. The number of hydrogen-bond acceptors (Lipinski definition) is 7. The molecule has 7 nitrogen and oxygen atoms in total. The molecule has 0 saturated carbocycles. The van der Waals surface area contributed by atoms with Crippen molar-refractivity contribution in [1.29, 1.82) is 5.26 Å². The zero-order valence-corrected chi connectivity index (χ0v) is 17.8. The normalized spacial score (nSPS) is 16.4. The molecule has 1 aliphatic heterocycles. The lowest BCUT2D eigenvalue weighted by molar-refractivity contribution is -0.118.